The van der Waals surface area contributed by atoms with Crippen molar-refractivity contribution in [2.45, 2.75) is 33.2 Å². The minimum absolute atomic E-state index is 0.113. The maximum atomic E-state index is 10.9. The Kier molecular flexibility index (Phi) is 2.15. The minimum Gasteiger partial charge on any atom is -0.365 e. The van der Waals surface area contributed by atoms with Gasteiger partial charge in [-0.05, 0) is 27.7 Å². The van der Waals surface area contributed by atoms with E-state index >= 15 is 0 Å². The molecule has 0 aromatic carbocycles. The lowest BCUT2D eigenvalue weighted by molar-refractivity contribution is 0.0999. The van der Waals surface area contributed by atoms with Gasteiger partial charge in [-0.1, -0.05) is 0 Å². The number of hydrogen-bond acceptors (Lipinski definition) is 2. The Hall–Kier alpha value is -1.32. The van der Waals surface area contributed by atoms with Crippen LogP contribution in [0.2, 0.25) is 0 Å². The average molecular weight is 181 g/mol. The summed E-state index contributed by atoms with van der Waals surface area (Å²) in [5, 5.41) is 4.12. The van der Waals surface area contributed by atoms with Crippen LogP contribution >= 0.6 is 0 Å². The van der Waals surface area contributed by atoms with E-state index in [4.69, 9.17) is 5.73 Å². The summed E-state index contributed by atoms with van der Waals surface area (Å²) < 4.78 is 1.80. The lowest BCUT2D eigenvalue weighted by Crippen LogP contribution is -2.25. The van der Waals surface area contributed by atoms with Gasteiger partial charge in [-0.15, -0.1) is 0 Å². The maximum absolute atomic E-state index is 10.9. The van der Waals surface area contributed by atoms with Crippen molar-refractivity contribution in [1.29, 1.82) is 0 Å². The van der Waals surface area contributed by atoms with E-state index in [9.17, 15) is 4.79 Å². The smallest absolute Gasteiger partial charge is 0.252 e. The molecule has 0 spiro atoms. The molecule has 1 heterocycles. The van der Waals surface area contributed by atoms with Crippen molar-refractivity contribution >= 4 is 5.91 Å². The third-order valence-electron chi connectivity index (χ3n) is 1.91. The molecule has 13 heavy (non-hydrogen) atoms. The molecule has 1 rings (SSSR count). The lowest BCUT2D eigenvalue weighted by atomic mass is 10.1. The van der Waals surface area contributed by atoms with Gasteiger partial charge in [0.05, 0.1) is 17.3 Å². The number of aromatic nitrogens is 2. The van der Waals surface area contributed by atoms with Crippen LogP contribution in [0.15, 0.2) is 6.20 Å². The first kappa shape index (κ1) is 9.77. The Morgan fingerprint density at radius 3 is 2.31 bits per heavy atom. The van der Waals surface area contributed by atoms with Gasteiger partial charge < -0.3 is 5.73 Å². The van der Waals surface area contributed by atoms with E-state index in [0.717, 1.165) is 5.69 Å². The molecule has 0 aliphatic carbocycles. The van der Waals surface area contributed by atoms with Crippen molar-refractivity contribution in [2.75, 3.05) is 0 Å². The monoisotopic (exact) mass is 181 g/mol. The Morgan fingerprint density at radius 1 is 1.54 bits per heavy atom. The SMILES string of the molecule is Cc1c(C(N)=O)cnn1C(C)(C)C. The minimum atomic E-state index is -0.423. The summed E-state index contributed by atoms with van der Waals surface area (Å²) in [4.78, 5) is 10.9. The second-order valence-electron chi connectivity index (χ2n) is 4.09. The molecule has 0 saturated heterocycles. The van der Waals surface area contributed by atoms with Crippen LogP contribution in [0.1, 0.15) is 36.8 Å². The topological polar surface area (TPSA) is 60.9 Å². The molecular weight excluding hydrogens is 166 g/mol. The number of hydrogen-bond donors (Lipinski definition) is 1. The number of primary amides is 1. The van der Waals surface area contributed by atoms with Gasteiger partial charge in [-0.25, -0.2) is 0 Å². The van der Waals surface area contributed by atoms with Crippen LogP contribution in [-0.2, 0) is 5.54 Å². The largest absolute Gasteiger partial charge is 0.365 e. The quantitative estimate of drug-likeness (QED) is 0.703. The van der Waals surface area contributed by atoms with Crippen LogP contribution in [0.4, 0.5) is 0 Å². The predicted molar refractivity (Wildman–Crippen MR) is 50.5 cm³/mol. The van der Waals surface area contributed by atoms with E-state index in [0.29, 0.717) is 5.56 Å². The van der Waals surface area contributed by atoms with E-state index in [1.165, 1.54) is 6.20 Å². The second kappa shape index (κ2) is 2.87. The molecule has 2 N–H and O–H groups in total. The summed E-state index contributed by atoms with van der Waals surface area (Å²) in [5.74, 6) is -0.423. The fraction of sp³-hybridized carbons (Fsp3) is 0.556. The lowest BCUT2D eigenvalue weighted by Gasteiger charge is -2.21. The highest BCUT2D eigenvalue weighted by molar-refractivity contribution is 5.93. The number of rotatable bonds is 1. The maximum Gasteiger partial charge on any atom is 0.252 e. The molecule has 0 unspecified atom stereocenters. The van der Waals surface area contributed by atoms with Crippen molar-refractivity contribution in [3.63, 3.8) is 0 Å². The van der Waals surface area contributed by atoms with E-state index in [-0.39, 0.29) is 5.54 Å². The van der Waals surface area contributed by atoms with Crippen LogP contribution in [0.5, 0.6) is 0 Å². The van der Waals surface area contributed by atoms with Crippen molar-refractivity contribution < 1.29 is 4.79 Å². The molecule has 0 aliphatic heterocycles. The van der Waals surface area contributed by atoms with Gasteiger partial charge in [0.15, 0.2) is 0 Å². The summed E-state index contributed by atoms with van der Waals surface area (Å²) in [7, 11) is 0. The molecule has 0 bridgehead atoms. The zero-order chi connectivity index (χ0) is 10.2. The van der Waals surface area contributed by atoms with Gasteiger partial charge in [0.1, 0.15) is 0 Å². The molecule has 0 saturated carbocycles. The van der Waals surface area contributed by atoms with Crippen LogP contribution in [0.3, 0.4) is 0 Å². The molecule has 0 fully saturated rings. The van der Waals surface area contributed by atoms with E-state index in [1.54, 1.807) is 4.68 Å². The molecule has 0 radical (unpaired) electrons. The second-order valence-corrected chi connectivity index (χ2v) is 4.09. The van der Waals surface area contributed by atoms with Gasteiger partial charge in [0.2, 0.25) is 0 Å². The zero-order valence-corrected chi connectivity index (χ0v) is 8.46. The third kappa shape index (κ3) is 1.71. The fourth-order valence-electron chi connectivity index (χ4n) is 1.33. The number of amides is 1. The number of carbonyl (C=O) groups is 1. The molecule has 1 aromatic heterocycles. The van der Waals surface area contributed by atoms with Crippen LogP contribution < -0.4 is 5.73 Å². The summed E-state index contributed by atoms with van der Waals surface area (Å²) in [6.45, 7) is 7.92. The van der Waals surface area contributed by atoms with Crippen molar-refractivity contribution in [1.82, 2.24) is 9.78 Å². The van der Waals surface area contributed by atoms with Gasteiger partial charge in [0.25, 0.3) is 5.91 Å². The Balaban J connectivity index is 3.22. The Labute approximate surface area is 77.7 Å². The van der Waals surface area contributed by atoms with E-state index in [2.05, 4.69) is 5.10 Å². The molecular formula is C9H15N3O. The average Bonchev–Trinajstić information content (AvgIpc) is 2.28. The predicted octanol–water partition coefficient (Wildman–Crippen LogP) is 1.05. The Bertz CT molecular complexity index is 333. The molecule has 1 aromatic rings. The third-order valence-corrected chi connectivity index (χ3v) is 1.91. The van der Waals surface area contributed by atoms with Crippen LogP contribution in [-0.4, -0.2) is 15.7 Å². The van der Waals surface area contributed by atoms with Gasteiger partial charge in [-0.3, -0.25) is 9.48 Å². The first-order valence-electron chi connectivity index (χ1n) is 4.19. The first-order valence-corrected chi connectivity index (χ1v) is 4.19. The number of carbonyl (C=O) groups excluding carboxylic acids is 1. The highest BCUT2D eigenvalue weighted by atomic mass is 16.1. The number of nitrogens with two attached hydrogens (primary N) is 1. The molecule has 1 amide bonds. The van der Waals surface area contributed by atoms with Crippen molar-refractivity contribution in [3.05, 3.63) is 17.5 Å². The fourth-order valence-corrected chi connectivity index (χ4v) is 1.33. The van der Waals surface area contributed by atoms with Crippen molar-refractivity contribution in [3.8, 4) is 0 Å². The Morgan fingerprint density at radius 2 is 2.08 bits per heavy atom. The van der Waals surface area contributed by atoms with Crippen molar-refractivity contribution in [2.24, 2.45) is 5.73 Å². The highest BCUT2D eigenvalue weighted by Gasteiger charge is 2.19. The molecule has 0 aliphatic rings. The normalized spacial score (nSPS) is 11.7. The van der Waals surface area contributed by atoms with Crippen LogP contribution in [0, 0.1) is 6.92 Å². The summed E-state index contributed by atoms with van der Waals surface area (Å²) in [6, 6.07) is 0. The van der Waals surface area contributed by atoms with Gasteiger partial charge >= 0.3 is 0 Å². The standard InChI is InChI=1S/C9H15N3O/c1-6-7(8(10)13)5-11-12(6)9(2,3)4/h5H,1-4H3,(H2,10,13). The summed E-state index contributed by atoms with van der Waals surface area (Å²) >= 11 is 0. The van der Waals surface area contributed by atoms with E-state index < -0.39 is 5.91 Å². The summed E-state index contributed by atoms with van der Waals surface area (Å²) in [5.41, 5.74) is 6.38. The molecule has 4 nitrogen and oxygen atoms in total. The molecule has 0 atom stereocenters. The highest BCUT2D eigenvalue weighted by Crippen LogP contribution is 2.17. The van der Waals surface area contributed by atoms with Crippen LogP contribution in [0.25, 0.3) is 0 Å². The summed E-state index contributed by atoms with van der Waals surface area (Å²) in [6.07, 6.45) is 1.52. The zero-order valence-electron chi connectivity index (χ0n) is 8.46. The first-order chi connectivity index (χ1) is 5.84. The molecule has 72 valence electrons. The van der Waals surface area contributed by atoms with Gasteiger partial charge in [0, 0.05) is 5.69 Å². The van der Waals surface area contributed by atoms with Gasteiger partial charge in [-0.2, -0.15) is 5.10 Å². The molecule has 4 heteroatoms. The van der Waals surface area contributed by atoms with E-state index in [1.807, 2.05) is 27.7 Å². The number of nitrogens with zero attached hydrogens (tertiary/aromatic N) is 2.